The average molecular weight is 688 g/mol. The normalized spacial score (nSPS) is 18.2. The highest BCUT2D eigenvalue weighted by Gasteiger charge is 2.56. The van der Waals surface area contributed by atoms with Gasteiger partial charge in [0.25, 0.3) is 5.69 Å². The van der Waals surface area contributed by atoms with Gasteiger partial charge in [0.05, 0.1) is 33.7 Å². The molecule has 13 nitrogen and oxygen atoms in total. The van der Waals surface area contributed by atoms with Gasteiger partial charge in [-0.15, -0.1) is 0 Å². The number of nitrogens with one attached hydrogen (secondary N) is 1. The van der Waals surface area contributed by atoms with Crippen molar-refractivity contribution in [2.45, 2.75) is 29.7 Å². The summed E-state index contributed by atoms with van der Waals surface area (Å²) in [5.74, 6) is -3.51. The molecule has 15 heteroatoms. The summed E-state index contributed by atoms with van der Waals surface area (Å²) in [5.41, 5.74) is 2.41. The first-order chi connectivity index (χ1) is 23.0. The molecule has 3 amide bonds. The standard InChI is InChI=1S/C33H29N5O8S2/c1-4-46-32(42)19-5-9-20(10-6-19)34-24(39)17-36-31-28(48-33(36)43)25(18-7-11-21(12-8-18)35(2)3)26-27(47-31)30(41)37(29(26)40)22-13-15-23(16-14-22)38(44)45/h5-16,25-27H,4,17H2,1-3H3,(H,34,39)/t25-,26-,27+/m0/s1. The van der Waals surface area contributed by atoms with E-state index in [0.717, 1.165) is 39.2 Å². The van der Waals surface area contributed by atoms with E-state index < -0.39 is 50.6 Å². The summed E-state index contributed by atoms with van der Waals surface area (Å²) in [6.45, 7) is 1.58. The number of nitro benzene ring substituents is 1. The van der Waals surface area contributed by atoms with E-state index in [1.807, 2.05) is 43.3 Å². The maximum atomic E-state index is 14.1. The number of nitro groups is 1. The largest absolute Gasteiger partial charge is 0.462 e. The van der Waals surface area contributed by atoms with E-state index in [2.05, 4.69) is 5.32 Å². The SMILES string of the molecule is CCOC(=O)c1ccc(NC(=O)Cn2c3c(sc2=O)[C@@H](c2ccc(N(C)C)cc2)[C@@H]2C(=O)N(c4ccc([N+](=O)[O-])cc4)C(=O)[C@@H]2S3)cc1. The van der Waals surface area contributed by atoms with Gasteiger partial charge in [0.2, 0.25) is 17.7 Å². The quantitative estimate of drug-likeness (QED) is 0.115. The van der Waals surface area contributed by atoms with Crippen LogP contribution in [0.15, 0.2) is 82.6 Å². The van der Waals surface area contributed by atoms with Crippen molar-refractivity contribution in [2.24, 2.45) is 5.92 Å². The number of aromatic nitrogens is 1. The van der Waals surface area contributed by atoms with E-state index in [1.54, 1.807) is 19.1 Å². The second kappa shape index (κ2) is 13.1. The lowest BCUT2D eigenvalue weighted by Crippen LogP contribution is -2.33. The molecule has 0 spiro atoms. The Kier molecular flexibility index (Phi) is 8.90. The Bertz CT molecular complexity index is 1990. The number of amides is 3. The van der Waals surface area contributed by atoms with Gasteiger partial charge in [-0.3, -0.25) is 33.9 Å². The fourth-order valence-corrected chi connectivity index (χ4v) is 8.59. The van der Waals surface area contributed by atoms with Crippen molar-refractivity contribution in [1.29, 1.82) is 0 Å². The molecule has 0 saturated carbocycles. The predicted octanol–water partition coefficient (Wildman–Crippen LogP) is 4.50. The number of fused-ring (bicyclic) bond motifs is 2. The van der Waals surface area contributed by atoms with E-state index >= 15 is 0 Å². The molecule has 6 rings (SSSR count). The van der Waals surface area contributed by atoms with Crippen LogP contribution in [0.25, 0.3) is 0 Å². The summed E-state index contributed by atoms with van der Waals surface area (Å²) in [6, 6.07) is 18.9. The smallest absolute Gasteiger partial charge is 0.338 e. The first kappa shape index (κ1) is 32.7. The van der Waals surface area contributed by atoms with Crippen molar-refractivity contribution in [3.63, 3.8) is 0 Å². The molecule has 0 bridgehead atoms. The number of imide groups is 1. The monoisotopic (exact) mass is 687 g/mol. The van der Waals surface area contributed by atoms with Gasteiger partial charge in [0.15, 0.2) is 0 Å². The van der Waals surface area contributed by atoms with Crippen LogP contribution in [-0.4, -0.2) is 59.1 Å². The Morgan fingerprint density at radius 3 is 2.23 bits per heavy atom. The summed E-state index contributed by atoms with van der Waals surface area (Å²) in [4.78, 5) is 80.4. The zero-order chi connectivity index (χ0) is 34.3. The topological polar surface area (TPSA) is 161 Å². The third-order valence-electron chi connectivity index (χ3n) is 8.12. The van der Waals surface area contributed by atoms with Crippen LogP contribution >= 0.6 is 23.1 Å². The van der Waals surface area contributed by atoms with Gasteiger partial charge >= 0.3 is 10.8 Å². The van der Waals surface area contributed by atoms with Crippen LogP contribution in [0.4, 0.5) is 22.7 Å². The predicted molar refractivity (Wildman–Crippen MR) is 181 cm³/mol. The van der Waals surface area contributed by atoms with Crippen molar-refractivity contribution in [3.8, 4) is 0 Å². The minimum absolute atomic E-state index is 0.178. The zero-order valence-corrected chi connectivity index (χ0v) is 27.6. The van der Waals surface area contributed by atoms with Crippen LogP contribution in [0.3, 0.4) is 0 Å². The number of benzene rings is 3. The van der Waals surface area contributed by atoms with E-state index in [4.69, 9.17) is 4.74 Å². The Morgan fingerprint density at radius 1 is 0.958 bits per heavy atom. The number of thioether (sulfide) groups is 1. The van der Waals surface area contributed by atoms with Crippen molar-refractivity contribution in [1.82, 2.24) is 4.57 Å². The molecule has 3 aromatic carbocycles. The molecule has 4 aromatic rings. The number of carbonyl (C=O) groups excluding carboxylic acids is 4. The highest BCUT2D eigenvalue weighted by Crippen LogP contribution is 2.54. The third kappa shape index (κ3) is 5.97. The molecule has 2 aliphatic heterocycles. The summed E-state index contributed by atoms with van der Waals surface area (Å²) in [5, 5.41) is 13.4. The fraction of sp³-hybridized carbons (Fsp3) is 0.242. The average Bonchev–Trinajstić information content (AvgIpc) is 3.51. The van der Waals surface area contributed by atoms with Gasteiger partial charge in [-0.2, -0.15) is 0 Å². The van der Waals surface area contributed by atoms with Crippen molar-refractivity contribution < 1.29 is 28.8 Å². The number of esters is 1. The number of rotatable bonds is 9. The molecule has 0 radical (unpaired) electrons. The number of hydrogen-bond acceptors (Lipinski definition) is 11. The lowest BCUT2D eigenvalue weighted by molar-refractivity contribution is -0.384. The van der Waals surface area contributed by atoms with E-state index in [0.29, 0.717) is 21.2 Å². The van der Waals surface area contributed by atoms with Crippen molar-refractivity contribution in [2.75, 3.05) is 35.8 Å². The molecule has 0 aliphatic carbocycles. The van der Waals surface area contributed by atoms with Gasteiger partial charge in [0, 0.05) is 48.4 Å². The molecule has 246 valence electrons. The Hall–Kier alpha value is -5.28. The number of anilines is 3. The number of non-ortho nitro benzene ring substituents is 1. The van der Waals surface area contributed by atoms with Gasteiger partial charge in [0.1, 0.15) is 11.8 Å². The number of ether oxygens (including phenoxy) is 1. The number of carbonyl (C=O) groups is 4. The molecule has 48 heavy (non-hydrogen) atoms. The summed E-state index contributed by atoms with van der Waals surface area (Å²) < 4.78 is 6.31. The fourth-order valence-electron chi connectivity index (χ4n) is 5.82. The lowest BCUT2D eigenvalue weighted by atomic mass is 9.83. The summed E-state index contributed by atoms with van der Waals surface area (Å²) >= 11 is 2.00. The summed E-state index contributed by atoms with van der Waals surface area (Å²) in [7, 11) is 3.79. The van der Waals surface area contributed by atoms with Crippen LogP contribution in [0.1, 0.15) is 33.6 Å². The number of nitrogens with zero attached hydrogens (tertiary/aromatic N) is 4. The highest BCUT2D eigenvalue weighted by molar-refractivity contribution is 8.00. The van der Waals surface area contributed by atoms with Gasteiger partial charge in [-0.1, -0.05) is 35.2 Å². The Morgan fingerprint density at radius 2 is 1.62 bits per heavy atom. The van der Waals surface area contributed by atoms with Gasteiger partial charge < -0.3 is 15.0 Å². The molecule has 1 N–H and O–H groups in total. The van der Waals surface area contributed by atoms with Gasteiger partial charge in [-0.05, 0) is 61.0 Å². The van der Waals surface area contributed by atoms with Crippen LogP contribution in [0, 0.1) is 16.0 Å². The van der Waals surface area contributed by atoms with Crippen molar-refractivity contribution in [3.05, 3.63) is 109 Å². The molecule has 3 atom stereocenters. The second-order valence-electron chi connectivity index (χ2n) is 11.3. The molecule has 3 heterocycles. The molecule has 2 aliphatic rings. The molecule has 1 saturated heterocycles. The van der Waals surface area contributed by atoms with Crippen LogP contribution < -0.4 is 20.0 Å². The van der Waals surface area contributed by atoms with Crippen LogP contribution in [0.5, 0.6) is 0 Å². The maximum absolute atomic E-state index is 14.1. The Balaban J connectivity index is 1.34. The van der Waals surface area contributed by atoms with E-state index in [9.17, 15) is 34.1 Å². The third-order valence-corrected chi connectivity index (χ3v) is 10.7. The minimum Gasteiger partial charge on any atom is -0.462 e. The molecule has 1 aromatic heterocycles. The molecule has 0 unspecified atom stereocenters. The number of thiazole rings is 1. The van der Waals surface area contributed by atoms with Crippen LogP contribution in [0.2, 0.25) is 0 Å². The van der Waals surface area contributed by atoms with E-state index in [1.165, 1.54) is 41.0 Å². The highest BCUT2D eigenvalue weighted by atomic mass is 32.2. The minimum atomic E-state index is -0.919. The molecular formula is C33H29N5O8S2. The van der Waals surface area contributed by atoms with Gasteiger partial charge in [-0.25, -0.2) is 9.69 Å². The second-order valence-corrected chi connectivity index (χ2v) is 13.4. The summed E-state index contributed by atoms with van der Waals surface area (Å²) in [6.07, 6.45) is 0. The lowest BCUT2D eigenvalue weighted by Gasteiger charge is -2.31. The Labute approximate surface area is 282 Å². The van der Waals surface area contributed by atoms with E-state index in [-0.39, 0.29) is 24.5 Å². The van der Waals surface area contributed by atoms with Crippen LogP contribution in [-0.2, 0) is 25.7 Å². The first-order valence-electron chi connectivity index (χ1n) is 14.8. The molecule has 1 fully saturated rings. The molecular weight excluding hydrogens is 659 g/mol. The van der Waals surface area contributed by atoms with Crippen molar-refractivity contribution >= 4 is 69.5 Å². The number of hydrogen-bond donors (Lipinski definition) is 1. The first-order valence-corrected chi connectivity index (χ1v) is 16.5. The zero-order valence-electron chi connectivity index (χ0n) is 25.9. The maximum Gasteiger partial charge on any atom is 0.338 e.